The van der Waals surface area contributed by atoms with Crippen molar-refractivity contribution in [2.75, 3.05) is 13.6 Å². The highest BCUT2D eigenvalue weighted by molar-refractivity contribution is 7.89. The number of nitrogens with two attached hydrogens (primary N) is 1. The summed E-state index contributed by atoms with van der Waals surface area (Å²) in [5.74, 6) is 0. The molecule has 1 aromatic carbocycles. The Morgan fingerprint density at radius 3 is 2.58 bits per heavy atom. The van der Waals surface area contributed by atoms with Gasteiger partial charge >= 0.3 is 0 Å². The lowest BCUT2D eigenvalue weighted by atomic mass is 10.2. The van der Waals surface area contributed by atoms with E-state index in [1.807, 2.05) is 0 Å². The first kappa shape index (κ1) is 16.3. The average molecular weight is 323 g/mol. The molecule has 1 atom stereocenters. The van der Waals surface area contributed by atoms with Gasteiger partial charge in [0.05, 0.1) is 11.1 Å². The van der Waals surface area contributed by atoms with Crippen molar-refractivity contribution < 1.29 is 13.5 Å². The topological polar surface area (TPSA) is 83.6 Å². The Balaban J connectivity index is 3.19. The molecule has 5 nitrogen and oxygen atoms in total. The molecule has 106 valence electrons. The maximum absolute atomic E-state index is 12.2. The van der Waals surface area contributed by atoms with Crippen LogP contribution in [0.4, 0.5) is 0 Å². The number of thiocarbonyl (C=S) groups is 1. The van der Waals surface area contributed by atoms with Gasteiger partial charge in [0.2, 0.25) is 10.0 Å². The largest absolute Gasteiger partial charge is 0.392 e. The van der Waals surface area contributed by atoms with Gasteiger partial charge in [0.15, 0.2) is 0 Å². The van der Waals surface area contributed by atoms with Gasteiger partial charge in [-0.3, -0.25) is 0 Å². The molecule has 1 rings (SSSR count). The van der Waals surface area contributed by atoms with Crippen LogP contribution >= 0.6 is 23.8 Å². The molecular weight excluding hydrogens is 308 g/mol. The number of sulfonamides is 1. The van der Waals surface area contributed by atoms with Crippen LogP contribution in [0.3, 0.4) is 0 Å². The molecule has 8 heteroatoms. The van der Waals surface area contributed by atoms with Gasteiger partial charge in [-0.1, -0.05) is 29.9 Å². The van der Waals surface area contributed by atoms with E-state index >= 15 is 0 Å². The summed E-state index contributed by atoms with van der Waals surface area (Å²) in [5.41, 5.74) is 5.94. The fraction of sp³-hybridized carbons (Fsp3) is 0.364. The van der Waals surface area contributed by atoms with Crippen molar-refractivity contribution >= 4 is 38.8 Å². The minimum Gasteiger partial charge on any atom is -0.392 e. The Bertz CT molecular complexity index is 588. The first-order valence-corrected chi connectivity index (χ1v) is 7.62. The Kier molecular flexibility index (Phi) is 5.28. The van der Waals surface area contributed by atoms with E-state index in [0.717, 1.165) is 4.31 Å². The molecule has 0 amide bonds. The minimum absolute atomic E-state index is 0.0181. The number of likely N-dealkylation sites (N-methyl/N-ethyl adjacent to an activating group) is 1. The molecule has 0 aliphatic carbocycles. The summed E-state index contributed by atoms with van der Waals surface area (Å²) >= 11 is 10.7. The Morgan fingerprint density at radius 1 is 1.58 bits per heavy atom. The smallest absolute Gasteiger partial charge is 0.244 e. The molecule has 19 heavy (non-hydrogen) atoms. The van der Waals surface area contributed by atoms with Crippen molar-refractivity contribution in [2.24, 2.45) is 5.73 Å². The van der Waals surface area contributed by atoms with Crippen LogP contribution in [-0.2, 0) is 10.0 Å². The summed E-state index contributed by atoms with van der Waals surface area (Å²) < 4.78 is 25.5. The van der Waals surface area contributed by atoms with Gasteiger partial charge in [0.25, 0.3) is 0 Å². The highest BCUT2D eigenvalue weighted by atomic mass is 35.5. The van der Waals surface area contributed by atoms with Gasteiger partial charge in [0.1, 0.15) is 9.88 Å². The lowest BCUT2D eigenvalue weighted by Gasteiger charge is -2.19. The maximum atomic E-state index is 12.2. The summed E-state index contributed by atoms with van der Waals surface area (Å²) in [6.07, 6.45) is -0.769. The van der Waals surface area contributed by atoms with Crippen molar-refractivity contribution in [1.82, 2.24) is 4.31 Å². The van der Waals surface area contributed by atoms with Crippen molar-refractivity contribution in [3.8, 4) is 0 Å². The Morgan fingerprint density at radius 2 is 2.16 bits per heavy atom. The zero-order valence-electron chi connectivity index (χ0n) is 10.5. The van der Waals surface area contributed by atoms with Crippen molar-refractivity contribution in [2.45, 2.75) is 17.9 Å². The number of benzene rings is 1. The number of aliphatic hydroxyl groups is 1. The molecule has 0 saturated carbocycles. The standard InChI is InChI=1S/C11H15ClN2O3S2/c1-7(15)6-14(2)19(16,17)10-4-3-8(11(13)18)5-9(10)12/h3-5,7,15H,6H2,1-2H3,(H2,13,18). The fourth-order valence-electron chi connectivity index (χ4n) is 1.50. The van der Waals surface area contributed by atoms with E-state index in [1.165, 1.54) is 32.2 Å². The minimum atomic E-state index is -3.75. The van der Waals surface area contributed by atoms with Crippen molar-refractivity contribution in [3.63, 3.8) is 0 Å². The molecule has 0 saturated heterocycles. The van der Waals surface area contributed by atoms with Crippen molar-refractivity contribution in [1.29, 1.82) is 0 Å². The quantitative estimate of drug-likeness (QED) is 0.789. The molecule has 1 aromatic rings. The van der Waals surface area contributed by atoms with Crippen LogP contribution in [0.2, 0.25) is 5.02 Å². The molecule has 0 aromatic heterocycles. The van der Waals surface area contributed by atoms with Crippen LogP contribution in [0.1, 0.15) is 12.5 Å². The summed E-state index contributed by atoms with van der Waals surface area (Å²) in [6, 6.07) is 4.26. The van der Waals surface area contributed by atoms with Gasteiger partial charge in [-0.05, 0) is 19.1 Å². The van der Waals surface area contributed by atoms with E-state index < -0.39 is 16.1 Å². The maximum Gasteiger partial charge on any atom is 0.244 e. The molecule has 0 aliphatic rings. The van der Waals surface area contributed by atoms with Gasteiger partial charge < -0.3 is 10.8 Å². The molecule has 1 unspecified atom stereocenters. The van der Waals surface area contributed by atoms with Crippen molar-refractivity contribution in [3.05, 3.63) is 28.8 Å². The number of hydrogen-bond donors (Lipinski definition) is 2. The van der Waals surface area contributed by atoms with Gasteiger partial charge in [-0.25, -0.2) is 8.42 Å². The van der Waals surface area contributed by atoms with Gasteiger partial charge in [0, 0.05) is 19.2 Å². The van der Waals surface area contributed by atoms with E-state index in [-0.39, 0.29) is 21.5 Å². The van der Waals surface area contributed by atoms with Crippen LogP contribution in [0.15, 0.2) is 23.1 Å². The third-order valence-electron chi connectivity index (χ3n) is 2.43. The molecule has 0 fully saturated rings. The monoisotopic (exact) mass is 322 g/mol. The van der Waals surface area contributed by atoms with Crippen LogP contribution in [0, 0.1) is 0 Å². The van der Waals surface area contributed by atoms with Gasteiger partial charge in [-0.15, -0.1) is 0 Å². The molecule has 0 heterocycles. The third kappa shape index (κ3) is 3.87. The molecule has 3 N–H and O–H groups in total. The summed E-state index contributed by atoms with van der Waals surface area (Å²) in [4.78, 5) is 0.0977. The number of rotatable bonds is 5. The summed E-state index contributed by atoms with van der Waals surface area (Å²) in [5, 5.41) is 9.29. The second kappa shape index (κ2) is 6.15. The first-order valence-electron chi connectivity index (χ1n) is 5.40. The molecule has 0 aliphatic heterocycles. The number of aliphatic hydroxyl groups excluding tert-OH is 1. The van der Waals surface area contributed by atoms with E-state index in [9.17, 15) is 13.5 Å². The van der Waals surface area contributed by atoms with Crippen LogP contribution < -0.4 is 5.73 Å². The van der Waals surface area contributed by atoms with Crippen LogP contribution in [-0.4, -0.2) is 42.5 Å². The van der Waals surface area contributed by atoms with E-state index in [2.05, 4.69) is 0 Å². The predicted molar refractivity (Wildman–Crippen MR) is 78.8 cm³/mol. The van der Waals surface area contributed by atoms with Gasteiger partial charge in [-0.2, -0.15) is 4.31 Å². The Labute approximate surface area is 123 Å². The van der Waals surface area contributed by atoms with Crippen LogP contribution in [0.5, 0.6) is 0 Å². The van der Waals surface area contributed by atoms with E-state index in [1.54, 1.807) is 0 Å². The van der Waals surface area contributed by atoms with E-state index in [0.29, 0.717) is 5.56 Å². The second-order valence-corrected chi connectivity index (χ2v) is 7.00. The Hall–Kier alpha value is -0.730. The average Bonchev–Trinajstić information content (AvgIpc) is 2.27. The summed E-state index contributed by atoms with van der Waals surface area (Å²) in [7, 11) is -2.38. The van der Waals surface area contributed by atoms with E-state index in [4.69, 9.17) is 29.6 Å². The second-order valence-electron chi connectivity index (χ2n) is 4.14. The zero-order chi connectivity index (χ0) is 14.8. The third-order valence-corrected chi connectivity index (χ3v) is 4.97. The fourth-order valence-corrected chi connectivity index (χ4v) is 3.39. The first-order chi connectivity index (χ1) is 8.66. The highest BCUT2D eigenvalue weighted by Crippen LogP contribution is 2.25. The number of hydrogen-bond acceptors (Lipinski definition) is 4. The molecular formula is C11H15ClN2O3S2. The molecule has 0 radical (unpaired) electrons. The highest BCUT2D eigenvalue weighted by Gasteiger charge is 2.24. The lowest BCUT2D eigenvalue weighted by Crippen LogP contribution is -2.33. The zero-order valence-corrected chi connectivity index (χ0v) is 12.9. The molecule has 0 spiro atoms. The SMILES string of the molecule is CC(O)CN(C)S(=O)(=O)c1ccc(C(N)=S)cc1Cl. The lowest BCUT2D eigenvalue weighted by molar-refractivity contribution is 0.171. The predicted octanol–water partition coefficient (Wildman–Crippen LogP) is 0.976. The van der Waals surface area contributed by atoms with Crippen LogP contribution in [0.25, 0.3) is 0 Å². The number of halogens is 1. The normalized spacial score (nSPS) is 13.5. The summed E-state index contributed by atoms with van der Waals surface area (Å²) in [6.45, 7) is 1.49. The molecule has 0 bridgehead atoms. The number of nitrogens with zero attached hydrogens (tertiary/aromatic N) is 1.